The maximum Gasteiger partial charge on any atom is 0.308 e. The highest BCUT2D eigenvalue weighted by Gasteiger charge is 2.30. The Morgan fingerprint density at radius 1 is 1.52 bits per heavy atom. The highest BCUT2D eigenvalue weighted by atomic mass is 16.5. The van der Waals surface area contributed by atoms with E-state index in [0.717, 1.165) is 12.1 Å². The molecular weight excluding hydrogens is 272 g/mol. The molecule has 1 aliphatic heterocycles. The zero-order valence-corrected chi connectivity index (χ0v) is 12.1. The molecule has 0 aromatic carbocycles. The van der Waals surface area contributed by atoms with Gasteiger partial charge in [-0.1, -0.05) is 13.0 Å². The number of nitrogens with zero attached hydrogens (tertiary/aromatic N) is 2. The van der Waals surface area contributed by atoms with Gasteiger partial charge in [-0.3, -0.25) is 14.6 Å². The predicted octanol–water partition coefficient (Wildman–Crippen LogP) is 1.31. The molecule has 1 saturated heterocycles. The van der Waals surface area contributed by atoms with Crippen LogP contribution in [0.2, 0.25) is 0 Å². The summed E-state index contributed by atoms with van der Waals surface area (Å²) in [6.45, 7) is 2.64. The molecule has 2 heterocycles. The fraction of sp³-hybridized carbons (Fsp3) is 0.533. The van der Waals surface area contributed by atoms with Gasteiger partial charge in [-0.15, -0.1) is 0 Å². The standard InChI is InChI=1S/C15H20N2O4/c1-11(15(19)20)9-17(10-12-5-2-3-7-16-12)14(18)13-6-4-8-21-13/h2-3,5,7,11,13H,4,6,8-10H2,1H3,(H,19,20). The molecule has 1 aliphatic rings. The van der Waals surface area contributed by atoms with Crippen LogP contribution in [0.25, 0.3) is 0 Å². The number of amides is 1. The van der Waals surface area contributed by atoms with Gasteiger partial charge in [-0.2, -0.15) is 0 Å². The monoisotopic (exact) mass is 292 g/mol. The fourth-order valence-electron chi connectivity index (χ4n) is 2.30. The third kappa shape index (κ3) is 4.26. The lowest BCUT2D eigenvalue weighted by Gasteiger charge is -2.26. The number of carbonyl (C=O) groups excluding carboxylic acids is 1. The van der Waals surface area contributed by atoms with E-state index in [4.69, 9.17) is 9.84 Å². The van der Waals surface area contributed by atoms with E-state index < -0.39 is 18.0 Å². The van der Waals surface area contributed by atoms with E-state index in [1.165, 1.54) is 4.90 Å². The number of aromatic nitrogens is 1. The number of rotatable bonds is 6. The van der Waals surface area contributed by atoms with Crippen LogP contribution in [0.5, 0.6) is 0 Å². The molecule has 1 aromatic rings. The molecule has 1 amide bonds. The molecule has 0 bridgehead atoms. The number of pyridine rings is 1. The first-order valence-electron chi connectivity index (χ1n) is 7.11. The number of carboxylic acid groups (broad SMARTS) is 1. The van der Waals surface area contributed by atoms with Crippen molar-refractivity contribution in [2.45, 2.75) is 32.4 Å². The highest BCUT2D eigenvalue weighted by molar-refractivity contribution is 5.81. The number of hydrogen-bond acceptors (Lipinski definition) is 4. The van der Waals surface area contributed by atoms with Crippen molar-refractivity contribution in [3.05, 3.63) is 30.1 Å². The average Bonchev–Trinajstić information content (AvgIpc) is 3.01. The van der Waals surface area contributed by atoms with Crippen LogP contribution in [-0.2, 0) is 20.9 Å². The lowest BCUT2D eigenvalue weighted by Crippen LogP contribution is -2.42. The van der Waals surface area contributed by atoms with Gasteiger partial charge >= 0.3 is 5.97 Å². The van der Waals surface area contributed by atoms with Crippen LogP contribution in [0.4, 0.5) is 0 Å². The quantitative estimate of drug-likeness (QED) is 0.855. The first-order valence-corrected chi connectivity index (χ1v) is 7.11. The zero-order chi connectivity index (χ0) is 15.2. The molecule has 6 heteroatoms. The van der Waals surface area contributed by atoms with Crippen molar-refractivity contribution in [1.82, 2.24) is 9.88 Å². The minimum absolute atomic E-state index is 0.147. The van der Waals surface area contributed by atoms with Crippen LogP contribution < -0.4 is 0 Å². The molecule has 6 nitrogen and oxygen atoms in total. The Kier molecular flexibility index (Phi) is 5.27. The number of aliphatic carboxylic acids is 1. The molecule has 21 heavy (non-hydrogen) atoms. The van der Waals surface area contributed by atoms with Crippen LogP contribution in [0.3, 0.4) is 0 Å². The third-order valence-electron chi connectivity index (χ3n) is 3.51. The average molecular weight is 292 g/mol. The molecular formula is C15H20N2O4. The molecule has 1 aromatic heterocycles. The number of ether oxygens (including phenoxy) is 1. The second kappa shape index (κ2) is 7.17. The van der Waals surface area contributed by atoms with Crippen LogP contribution in [-0.4, -0.2) is 46.1 Å². The summed E-state index contributed by atoms with van der Waals surface area (Å²) in [5.41, 5.74) is 0.737. The van der Waals surface area contributed by atoms with Crippen molar-refractivity contribution < 1.29 is 19.4 Å². The highest BCUT2D eigenvalue weighted by Crippen LogP contribution is 2.17. The van der Waals surface area contributed by atoms with Crippen molar-refractivity contribution in [2.75, 3.05) is 13.2 Å². The van der Waals surface area contributed by atoms with E-state index >= 15 is 0 Å². The van der Waals surface area contributed by atoms with E-state index in [-0.39, 0.29) is 12.5 Å². The molecule has 114 valence electrons. The van der Waals surface area contributed by atoms with Gasteiger partial charge in [0.05, 0.1) is 18.2 Å². The van der Waals surface area contributed by atoms with Gasteiger partial charge in [0, 0.05) is 19.3 Å². The lowest BCUT2D eigenvalue weighted by molar-refractivity contribution is -0.146. The number of hydrogen-bond donors (Lipinski definition) is 1. The molecule has 0 aliphatic carbocycles. The van der Waals surface area contributed by atoms with E-state index in [2.05, 4.69) is 4.98 Å². The molecule has 1 fully saturated rings. The SMILES string of the molecule is CC(CN(Cc1ccccn1)C(=O)C1CCCO1)C(=O)O. The minimum atomic E-state index is -0.916. The van der Waals surface area contributed by atoms with Crippen molar-refractivity contribution in [3.8, 4) is 0 Å². The van der Waals surface area contributed by atoms with E-state index in [1.807, 2.05) is 12.1 Å². The van der Waals surface area contributed by atoms with Gasteiger partial charge in [-0.05, 0) is 25.0 Å². The largest absolute Gasteiger partial charge is 0.481 e. The number of carbonyl (C=O) groups is 2. The Morgan fingerprint density at radius 2 is 2.33 bits per heavy atom. The first-order chi connectivity index (χ1) is 10.1. The van der Waals surface area contributed by atoms with Gasteiger partial charge in [-0.25, -0.2) is 0 Å². The van der Waals surface area contributed by atoms with Crippen LogP contribution in [0, 0.1) is 5.92 Å². The van der Waals surface area contributed by atoms with E-state index in [1.54, 1.807) is 19.2 Å². The van der Waals surface area contributed by atoms with Crippen molar-refractivity contribution in [1.29, 1.82) is 0 Å². The van der Waals surface area contributed by atoms with Crippen LogP contribution in [0.15, 0.2) is 24.4 Å². The maximum absolute atomic E-state index is 12.5. The molecule has 0 radical (unpaired) electrons. The molecule has 0 saturated carbocycles. The summed E-state index contributed by atoms with van der Waals surface area (Å²) in [4.78, 5) is 29.3. The second-order valence-electron chi connectivity index (χ2n) is 5.28. The molecule has 2 unspecified atom stereocenters. The van der Waals surface area contributed by atoms with Gasteiger partial charge < -0.3 is 14.7 Å². The Bertz CT molecular complexity index is 486. The maximum atomic E-state index is 12.5. The minimum Gasteiger partial charge on any atom is -0.481 e. The molecule has 2 atom stereocenters. The Morgan fingerprint density at radius 3 is 2.90 bits per heavy atom. The predicted molar refractivity (Wildman–Crippen MR) is 75.4 cm³/mol. The summed E-state index contributed by atoms with van der Waals surface area (Å²) in [6.07, 6.45) is 2.76. The van der Waals surface area contributed by atoms with Crippen LogP contribution in [0.1, 0.15) is 25.5 Å². The summed E-state index contributed by atoms with van der Waals surface area (Å²) in [5, 5.41) is 9.06. The first kappa shape index (κ1) is 15.4. The van der Waals surface area contributed by atoms with Gasteiger partial charge in [0.15, 0.2) is 0 Å². The van der Waals surface area contributed by atoms with Crippen molar-refractivity contribution >= 4 is 11.9 Å². The fourth-order valence-corrected chi connectivity index (χ4v) is 2.30. The van der Waals surface area contributed by atoms with E-state index in [9.17, 15) is 9.59 Å². The third-order valence-corrected chi connectivity index (χ3v) is 3.51. The summed E-state index contributed by atoms with van der Waals surface area (Å²) in [7, 11) is 0. The Hall–Kier alpha value is -1.95. The summed E-state index contributed by atoms with van der Waals surface area (Å²) in [5.74, 6) is -1.69. The molecule has 0 spiro atoms. The molecule has 1 N–H and O–H groups in total. The smallest absolute Gasteiger partial charge is 0.308 e. The van der Waals surface area contributed by atoms with Crippen LogP contribution >= 0.6 is 0 Å². The number of carboxylic acids is 1. The Balaban J connectivity index is 2.09. The Labute approximate surface area is 123 Å². The summed E-state index contributed by atoms with van der Waals surface area (Å²) >= 11 is 0. The van der Waals surface area contributed by atoms with Gasteiger partial charge in [0.2, 0.25) is 0 Å². The normalized spacial score (nSPS) is 19.2. The van der Waals surface area contributed by atoms with Crippen molar-refractivity contribution in [3.63, 3.8) is 0 Å². The van der Waals surface area contributed by atoms with Gasteiger partial charge in [0.25, 0.3) is 5.91 Å². The summed E-state index contributed by atoms with van der Waals surface area (Å²) in [6, 6.07) is 5.47. The van der Waals surface area contributed by atoms with Gasteiger partial charge in [0.1, 0.15) is 6.10 Å². The topological polar surface area (TPSA) is 79.7 Å². The zero-order valence-electron chi connectivity index (χ0n) is 12.1. The second-order valence-corrected chi connectivity index (χ2v) is 5.28. The lowest BCUT2D eigenvalue weighted by atomic mass is 10.1. The molecule has 2 rings (SSSR count). The van der Waals surface area contributed by atoms with E-state index in [0.29, 0.717) is 19.6 Å². The van der Waals surface area contributed by atoms with Crippen molar-refractivity contribution in [2.24, 2.45) is 5.92 Å². The summed E-state index contributed by atoms with van der Waals surface area (Å²) < 4.78 is 5.42.